The van der Waals surface area contributed by atoms with Crippen molar-refractivity contribution in [2.24, 2.45) is 5.41 Å². The minimum absolute atomic E-state index is 0.0138. The Bertz CT molecular complexity index is 1170. The van der Waals surface area contributed by atoms with Crippen LogP contribution in [0.1, 0.15) is 55.2 Å². The zero-order chi connectivity index (χ0) is 23.0. The van der Waals surface area contributed by atoms with Crippen LogP contribution in [0.25, 0.3) is 11.2 Å². The first-order valence-electron chi connectivity index (χ1n) is 11.2. The van der Waals surface area contributed by atoms with Crippen molar-refractivity contribution in [3.63, 3.8) is 0 Å². The number of halogens is 3. The molecule has 4 fully saturated rings. The van der Waals surface area contributed by atoms with Crippen molar-refractivity contribution in [1.29, 1.82) is 0 Å². The summed E-state index contributed by atoms with van der Waals surface area (Å²) in [4.78, 5) is 18.6. The second-order valence-electron chi connectivity index (χ2n) is 9.90. The van der Waals surface area contributed by atoms with Crippen LogP contribution in [0.3, 0.4) is 0 Å². The summed E-state index contributed by atoms with van der Waals surface area (Å²) in [5.41, 5.74) is 1.04. The monoisotopic (exact) mass is 459 g/mol. The Hall–Kier alpha value is -2.59. The highest BCUT2D eigenvalue weighted by Crippen LogP contribution is 2.78. The molecule has 2 aromatic rings. The Morgan fingerprint density at radius 3 is 2.67 bits per heavy atom. The van der Waals surface area contributed by atoms with E-state index in [0.717, 1.165) is 5.57 Å². The third kappa shape index (κ3) is 3.18. The van der Waals surface area contributed by atoms with Gasteiger partial charge < -0.3 is 15.2 Å². The highest BCUT2D eigenvalue weighted by atomic mass is 19.4. The highest BCUT2D eigenvalue weighted by Gasteiger charge is 2.79. The number of aliphatic hydroxyl groups excluding tert-OH is 1. The van der Waals surface area contributed by atoms with Gasteiger partial charge in [-0.15, -0.1) is 0 Å². The van der Waals surface area contributed by atoms with E-state index in [9.17, 15) is 18.3 Å². The number of aliphatic hydroxyl groups is 1. The van der Waals surface area contributed by atoms with E-state index in [1.165, 1.54) is 0 Å². The topological polar surface area (TPSA) is 93.1 Å². The molecule has 1 unspecified atom stereocenters. The SMILES string of the molecule is Cc1cnc2nc([C@H]3CCO[C@@H](C4=CNC(O)C=C4)C3)nc(C34CC(C(F)(F)F)(C3)C4)c2n1. The lowest BCUT2D eigenvalue weighted by molar-refractivity contribution is -0.337. The van der Waals surface area contributed by atoms with Gasteiger partial charge in [-0.1, -0.05) is 6.08 Å². The Morgan fingerprint density at radius 2 is 1.97 bits per heavy atom. The summed E-state index contributed by atoms with van der Waals surface area (Å²) in [6.07, 6.45) is 3.33. The van der Waals surface area contributed by atoms with Crippen LogP contribution in [0.5, 0.6) is 0 Å². The van der Waals surface area contributed by atoms with Crippen LogP contribution in [0.4, 0.5) is 13.2 Å². The summed E-state index contributed by atoms with van der Waals surface area (Å²) in [6.45, 7) is 2.32. The van der Waals surface area contributed by atoms with Crippen LogP contribution in [0.15, 0.2) is 30.1 Å². The number of fused-ring (bicyclic) bond motifs is 1. The summed E-state index contributed by atoms with van der Waals surface area (Å²) in [5, 5.41) is 12.5. The maximum absolute atomic E-state index is 13.5. The third-order valence-corrected chi connectivity index (χ3v) is 7.59. The van der Waals surface area contributed by atoms with E-state index in [1.54, 1.807) is 18.5 Å². The van der Waals surface area contributed by atoms with Gasteiger partial charge in [-0.05, 0) is 50.7 Å². The fourth-order valence-electron chi connectivity index (χ4n) is 5.86. The van der Waals surface area contributed by atoms with E-state index in [-0.39, 0.29) is 31.3 Å². The number of aryl methyl sites for hydroxylation is 1. The van der Waals surface area contributed by atoms with Gasteiger partial charge in [-0.2, -0.15) is 13.2 Å². The lowest BCUT2D eigenvalue weighted by Crippen LogP contribution is -2.70. The molecule has 2 N–H and O–H groups in total. The van der Waals surface area contributed by atoms with Gasteiger partial charge in [-0.25, -0.2) is 19.9 Å². The fourth-order valence-corrected chi connectivity index (χ4v) is 5.86. The van der Waals surface area contributed by atoms with Crippen molar-refractivity contribution in [3.05, 3.63) is 47.3 Å². The molecule has 10 heteroatoms. The first-order valence-corrected chi connectivity index (χ1v) is 11.2. The molecule has 3 saturated carbocycles. The highest BCUT2D eigenvalue weighted by molar-refractivity contribution is 5.75. The molecule has 7 nitrogen and oxygen atoms in total. The zero-order valence-electron chi connectivity index (χ0n) is 18.1. The standard InChI is InChI=1S/C23H24F3N5O2/c1-12-7-28-20-17(29-12)18(21-9-22(10-21,11-21)23(24,25)26)30-19(31-20)13-4-5-33-15(6-13)14-2-3-16(32)27-8-14/h2-3,7-8,13,15-16,27,32H,4-6,9-11H2,1H3/t13-,15+,16?,21?,22?/m0/s1. The minimum atomic E-state index is -4.18. The van der Waals surface area contributed by atoms with Gasteiger partial charge in [-0.3, -0.25) is 0 Å². The fraction of sp³-hybridized carbons (Fsp3) is 0.565. The average molecular weight is 459 g/mol. The van der Waals surface area contributed by atoms with Gasteiger partial charge in [0, 0.05) is 24.1 Å². The summed E-state index contributed by atoms with van der Waals surface area (Å²) in [7, 11) is 0. The molecule has 2 bridgehead atoms. The zero-order valence-corrected chi connectivity index (χ0v) is 18.1. The number of dihydropyridines is 1. The van der Waals surface area contributed by atoms with E-state index in [4.69, 9.17) is 14.7 Å². The molecule has 4 heterocycles. The van der Waals surface area contributed by atoms with Crippen LogP contribution in [-0.2, 0) is 10.2 Å². The molecule has 174 valence electrons. The van der Waals surface area contributed by atoms with Gasteiger partial charge in [0.1, 0.15) is 17.6 Å². The molecule has 33 heavy (non-hydrogen) atoms. The number of rotatable bonds is 3. The Morgan fingerprint density at radius 1 is 1.18 bits per heavy atom. The largest absolute Gasteiger partial charge is 0.394 e. The maximum Gasteiger partial charge on any atom is 0.394 e. The summed E-state index contributed by atoms with van der Waals surface area (Å²) >= 11 is 0. The van der Waals surface area contributed by atoms with Crippen LogP contribution in [-0.4, -0.2) is 50.2 Å². The van der Waals surface area contributed by atoms with E-state index in [0.29, 0.717) is 47.8 Å². The third-order valence-electron chi connectivity index (χ3n) is 7.59. The van der Waals surface area contributed by atoms with Gasteiger partial charge >= 0.3 is 6.18 Å². The predicted octanol–water partition coefficient (Wildman–Crippen LogP) is 3.34. The quantitative estimate of drug-likeness (QED) is 0.727. The Balaban J connectivity index is 1.34. The number of nitrogens with zero attached hydrogens (tertiary/aromatic N) is 4. The lowest BCUT2D eigenvalue weighted by Gasteiger charge is -2.70. The molecular weight excluding hydrogens is 435 g/mol. The molecule has 3 aliphatic carbocycles. The second kappa shape index (κ2) is 6.96. The van der Waals surface area contributed by atoms with E-state index in [2.05, 4.69) is 15.3 Å². The molecule has 0 radical (unpaired) electrons. The average Bonchev–Trinajstić information content (AvgIpc) is 2.71. The first-order chi connectivity index (χ1) is 15.7. The van der Waals surface area contributed by atoms with Crippen molar-refractivity contribution in [2.45, 2.75) is 68.9 Å². The van der Waals surface area contributed by atoms with Gasteiger partial charge in [0.2, 0.25) is 0 Å². The number of aromatic nitrogens is 4. The van der Waals surface area contributed by atoms with Gasteiger partial charge in [0.05, 0.1) is 29.1 Å². The number of hydrogen-bond acceptors (Lipinski definition) is 7. The summed E-state index contributed by atoms with van der Waals surface area (Å²) < 4.78 is 46.4. The molecule has 0 amide bonds. The molecule has 3 atom stereocenters. The Labute approximate surface area is 188 Å². The van der Waals surface area contributed by atoms with Crippen molar-refractivity contribution >= 4 is 11.2 Å². The number of alkyl halides is 3. The molecule has 7 rings (SSSR count). The number of hydrogen-bond donors (Lipinski definition) is 2. The van der Waals surface area contributed by atoms with E-state index >= 15 is 0 Å². The van der Waals surface area contributed by atoms with Crippen LogP contribution < -0.4 is 5.32 Å². The smallest absolute Gasteiger partial charge is 0.373 e. The minimum Gasteiger partial charge on any atom is -0.373 e. The van der Waals surface area contributed by atoms with Crippen molar-refractivity contribution in [3.8, 4) is 0 Å². The van der Waals surface area contributed by atoms with Gasteiger partial charge in [0.25, 0.3) is 0 Å². The molecule has 0 aromatic carbocycles. The summed E-state index contributed by atoms with van der Waals surface area (Å²) in [6, 6.07) is 0. The molecule has 2 aromatic heterocycles. The molecule has 1 saturated heterocycles. The lowest BCUT2D eigenvalue weighted by atomic mass is 9.34. The van der Waals surface area contributed by atoms with Crippen molar-refractivity contribution < 1.29 is 23.0 Å². The first kappa shape index (κ1) is 21.0. The van der Waals surface area contributed by atoms with Crippen LogP contribution in [0.2, 0.25) is 0 Å². The molecule has 0 spiro atoms. The number of nitrogens with one attached hydrogen (secondary N) is 1. The van der Waals surface area contributed by atoms with Crippen LogP contribution in [0, 0.1) is 12.3 Å². The normalized spacial score (nSPS) is 35.4. The van der Waals surface area contributed by atoms with Crippen molar-refractivity contribution in [2.75, 3.05) is 6.61 Å². The Kier molecular flexibility index (Phi) is 4.42. The van der Waals surface area contributed by atoms with Gasteiger partial charge in [0.15, 0.2) is 5.65 Å². The van der Waals surface area contributed by atoms with Crippen molar-refractivity contribution in [1.82, 2.24) is 25.3 Å². The van der Waals surface area contributed by atoms with Crippen LogP contribution >= 0.6 is 0 Å². The summed E-state index contributed by atoms with van der Waals surface area (Å²) in [5.74, 6) is 0.586. The molecular formula is C23H24F3N5O2. The van der Waals surface area contributed by atoms with E-state index < -0.39 is 23.2 Å². The molecule has 2 aliphatic heterocycles. The maximum atomic E-state index is 13.5. The molecule has 5 aliphatic rings. The second-order valence-corrected chi connectivity index (χ2v) is 9.90. The van der Waals surface area contributed by atoms with E-state index in [1.807, 2.05) is 13.0 Å². The number of ether oxygens (including phenoxy) is 1. The predicted molar refractivity (Wildman–Crippen MR) is 112 cm³/mol.